The van der Waals surface area contributed by atoms with Crippen LogP contribution in [0.4, 0.5) is 19.0 Å². The third-order valence-electron chi connectivity index (χ3n) is 10.7. The molecule has 3 fully saturated rings. The van der Waals surface area contributed by atoms with Crippen molar-refractivity contribution in [2.75, 3.05) is 37.7 Å². The molecule has 4 atom stereocenters. The number of terminal acetylenes is 1. The van der Waals surface area contributed by atoms with Gasteiger partial charge in [0.15, 0.2) is 5.82 Å². The number of alkyl halides is 1. The second-order valence-electron chi connectivity index (χ2n) is 13.3. The third kappa shape index (κ3) is 4.70. The van der Waals surface area contributed by atoms with E-state index in [9.17, 15) is 8.78 Å². The van der Waals surface area contributed by atoms with E-state index in [1.165, 1.54) is 6.07 Å². The minimum atomic E-state index is -0.894. The van der Waals surface area contributed by atoms with Crippen LogP contribution in [0, 0.1) is 24.0 Å². The van der Waals surface area contributed by atoms with E-state index in [1.807, 2.05) is 6.07 Å². The zero-order valence-electron chi connectivity index (χ0n) is 26.0. The fourth-order valence-electron chi connectivity index (χ4n) is 8.34. The SMILES string of the molecule is C#Cc1c(F)ccc2cccc(-c3nc4c5c(nc(OC[C@@]67CCCN6C[C@H](F)C7)nc5c3F)N3C[C@@H](CC)NC[C@H]3CCC4)c12. The van der Waals surface area contributed by atoms with Crippen molar-refractivity contribution in [1.82, 2.24) is 25.2 Å². The molecule has 1 N–H and O–H groups in total. The van der Waals surface area contributed by atoms with E-state index in [1.54, 1.807) is 18.2 Å². The smallest absolute Gasteiger partial charge is 0.319 e. The van der Waals surface area contributed by atoms with Crippen LogP contribution in [-0.2, 0) is 6.42 Å². The number of nitrogens with zero attached hydrogens (tertiary/aromatic N) is 5. The topological polar surface area (TPSA) is 66.4 Å². The van der Waals surface area contributed by atoms with E-state index < -0.39 is 23.3 Å². The molecule has 6 heterocycles. The maximum atomic E-state index is 17.1. The Hall–Kier alpha value is -3.94. The van der Waals surface area contributed by atoms with Crippen molar-refractivity contribution in [2.24, 2.45) is 0 Å². The molecule has 238 valence electrons. The Morgan fingerprint density at radius 3 is 2.85 bits per heavy atom. The Morgan fingerprint density at radius 1 is 1.11 bits per heavy atom. The molecule has 46 heavy (non-hydrogen) atoms. The van der Waals surface area contributed by atoms with Gasteiger partial charge in [0.1, 0.15) is 35.6 Å². The Kier molecular flexibility index (Phi) is 7.29. The number of hydrogen-bond acceptors (Lipinski definition) is 7. The molecule has 0 bridgehead atoms. The van der Waals surface area contributed by atoms with E-state index in [0.29, 0.717) is 59.2 Å². The zero-order chi connectivity index (χ0) is 31.6. The first kappa shape index (κ1) is 29.5. The Balaban J connectivity index is 1.33. The van der Waals surface area contributed by atoms with Crippen LogP contribution in [0.2, 0.25) is 0 Å². The average Bonchev–Trinajstić information content (AvgIpc) is 3.59. The number of piperazine rings is 1. The number of fused-ring (bicyclic) bond motifs is 4. The molecule has 0 saturated carbocycles. The number of anilines is 1. The standard InChI is InChI=1S/C36H37F3N6O/c1-3-23-19-45-24(17-40-23)9-6-11-28-30-33(42-35(43-34(30)45)46-20-36-14-7-15-44(36)18-22(37)16-36)31(39)32(41-28)26-10-5-8-21-12-13-27(38)25(4-2)29(21)26/h2,5,8,10,12-13,22-24,40H,3,6-7,9,11,14-20H2,1H3/t22-,23-,24-,36+/m1/s1. The fourth-order valence-corrected chi connectivity index (χ4v) is 8.34. The van der Waals surface area contributed by atoms with Crippen molar-refractivity contribution in [1.29, 1.82) is 0 Å². The van der Waals surface area contributed by atoms with Crippen LogP contribution in [0.3, 0.4) is 0 Å². The second-order valence-corrected chi connectivity index (χ2v) is 13.3. The van der Waals surface area contributed by atoms with E-state index in [4.69, 9.17) is 26.1 Å². The van der Waals surface area contributed by atoms with Gasteiger partial charge in [-0.3, -0.25) is 4.90 Å². The van der Waals surface area contributed by atoms with Crippen LogP contribution in [0.5, 0.6) is 6.01 Å². The molecule has 0 unspecified atom stereocenters. The van der Waals surface area contributed by atoms with Crippen LogP contribution < -0.4 is 15.0 Å². The van der Waals surface area contributed by atoms with Crippen molar-refractivity contribution >= 4 is 27.5 Å². The lowest BCUT2D eigenvalue weighted by molar-refractivity contribution is 0.107. The molecule has 0 spiro atoms. The van der Waals surface area contributed by atoms with Crippen molar-refractivity contribution in [3.63, 3.8) is 0 Å². The van der Waals surface area contributed by atoms with Crippen LogP contribution in [0.1, 0.15) is 56.7 Å². The van der Waals surface area contributed by atoms with Gasteiger partial charge in [0, 0.05) is 49.1 Å². The summed E-state index contributed by atoms with van der Waals surface area (Å²) in [6, 6.07) is 8.84. The zero-order valence-corrected chi connectivity index (χ0v) is 26.0. The predicted octanol–water partition coefficient (Wildman–Crippen LogP) is 5.95. The van der Waals surface area contributed by atoms with E-state index in [2.05, 4.69) is 28.0 Å². The first-order valence-electron chi connectivity index (χ1n) is 16.5. The summed E-state index contributed by atoms with van der Waals surface area (Å²) < 4.78 is 52.9. The Labute approximate surface area is 266 Å². The van der Waals surface area contributed by atoms with Crippen molar-refractivity contribution in [2.45, 2.75) is 75.7 Å². The highest BCUT2D eigenvalue weighted by Crippen LogP contribution is 2.43. The van der Waals surface area contributed by atoms with Crippen molar-refractivity contribution < 1.29 is 17.9 Å². The lowest BCUT2D eigenvalue weighted by atomic mass is 9.94. The molecular formula is C36H37F3N6O. The highest BCUT2D eigenvalue weighted by molar-refractivity contribution is 6.02. The van der Waals surface area contributed by atoms with Gasteiger partial charge in [0.2, 0.25) is 0 Å². The van der Waals surface area contributed by atoms with Crippen LogP contribution >= 0.6 is 0 Å². The Bertz CT molecular complexity index is 1890. The van der Waals surface area contributed by atoms with Gasteiger partial charge in [-0.25, -0.2) is 18.2 Å². The number of benzene rings is 2. The minimum Gasteiger partial charge on any atom is -0.461 e. The molecule has 0 amide bonds. The number of pyridine rings is 1. The monoisotopic (exact) mass is 626 g/mol. The number of aryl methyl sites for hydroxylation is 1. The lowest BCUT2D eigenvalue weighted by Crippen LogP contribution is -2.57. The summed E-state index contributed by atoms with van der Waals surface area (Å²) in [7, 11) is 0. The highest BCUT2D eigenvalue weighted by Gasteiger charge is 2.49. The highest BCUT2D eigenvalue weighted by atomic mass is 19.1. The molecule has 7 nitrogen and oxygen atoms in total. The molecule has 0 aliphatic carbocycles. The summed E-state index contributed by atoms with van der Waals surface area (Å²) in [5, 5.41) is 5.38. The molecule has 10 heteroatoms. The largest absolute Gasteiger partial charge is 0.461 e. The molecule has 3 saturated heterocycles. The summed E-state index contributed by atoms with van der Waals surface area (Å²) >= 11 is 0. The summed E-state index contributed by atoms with van der Waals surface area (Å²) in [5.74, 6) is 1.93. The van der Waals surface area contributed by atoms with E-state index >= 15 is 4.39 Å². The number of ether oxygens (including phenoxy) is 1. The number of rotatable bonds is 5. The molecule has 2 aromatic heterocycles. The molecule has 4 aliphatic rings. The second kappa shape index (κ2) is 11.4. The first-order chi connectivity index (χ1) is 22.4. The molecule has 8 rings (SSSR count). The number of hydrogen-bond donors (Lipinski definition) is 1. The molecule has 0 radical (unpaired) electrons. The van der Waals surface area contributed by atoms with Crippen LogP contribution in [-0.4, -0.2) is 76.4 Å². The average molecular weight is 627 g/mol. The molecule has 2 aromatic carbocycles. The molecule has 4 aliphatic heterocycles. The van der Waals surface area contributed by atoms with Gasteiger partial charge in [-0.2, -0.15) is 9.97 Å². The number of nitrogens with one attached hydrogen (secondary N) is 1. The first-order valence-corrected chi connectivity index (χ1v) is 16.5. The Morgan fingerprint density at radius 2 is 2.00 bits per heavy atom. The molecular weight excluding hydrogens is 589 g/mol. The maximum Gasteiger partial charge on any atom is 0.319 e. The van der Waals surface area contributed by atoms with E-state index in [0.717, 1.165) is 45.2 Å². The summed E-state index contributed by atoms with van der Waals surface area (Å²) in [6.45, 7) is 5.15. The molecule has 4 aromatic rings. The lowest BCUT2D eigenvalue weighted by Gasteiger charge is -2.42. The van der Waals surface area contributed by atoms with Crippen molar-refractivity contribution in [3.8, 4) is 29.6 Å². The van der Waals surface area contributed by atoms with Gasteiger partial charge in [0.25, 0.3) is 0 Å². The van der Waals surface area contributed by atoms with Gasteiger partial charge in [-0.05, 0) is 56.5 Å². The van der Waals surface area contributed by atoms with Gasteiger partial charge in [0.05, 0.1) is 22.2 Å². The van der Waals surface area contributed by atoms with E-state index in [-0.39, 0.29) is 41.5 Å². The summed E-state index contributed by atoms with van der Waals surface area (Å²) in [4.78, 5) is 19.1. The quantitative estimate of drug-likeness (QED) is 0.275. The van der Waals surface area contributed by atoms with Gasteiger partial charge >= 0.3 is 6.01 Å². The summed E-state index contributed by atoms with van der Waals surface area (Å²) in [6.07, 6.45) is 10.4. The maximum absolute atomic E-state index is 17.1. The predicted molar refractivity (Wildman–Crippen MR) is 173 cm³/mol. The van der Waals surface area contributed by atoms with Crippen molar-refractivity contribution in [3.05, 3.63) is 53.2 Å². The third-order valence-corrected chi connectivity index (χ3v) is 10.7. The normalized spacial score (nSPS) is 26.1. The van der Waals surface area contributed by atoms with Gasteiger partial charge in [-0.1, -0.05) is 37.1 Å². The van der Waals surface area contributed by atoms with Crippen LogP contribution in [0.25, 0.3) is 32.9 Å². The number of aromatic nitrogens is 3. The number of halogens is 3. The summed E-state index contributed by atoms with van der Waals surface area (Å²) in [5.41, 5.74) is 0.980. The fraction of sp³-hybridized carbons (Fsp3) is 0.472. The minimum absolute atomic E-state index is 0.0711. The van der Waals surface area contributed by atoms with Gasteiger partial charge in [-0.15, -0.1) is 6.42 Å². The van der Waals surface area contributed by atoms with Gasteiger partial charge < -0.3 is 15.0 Å². The van der Waals surface area contributed by atoms with Crippen LogP contribution in [0.15, 0.2) is 30.3 Å².